The second-order valence-corrected chi connectivity index (χ2v) is 7.52. The largest absolute Gasteiger partial charge is 0.445 e. The van der Waals surface area contributed by atoms with E-state index in [0.29, 0.717) is 15.5 Å². The van der Waals surface area contributed by atoms with Gasteiger partial charge in [-0.3, -0.25) is 15.2 Å². The number of aromatic nitrogens is 2. The van der Waals surface area contributed by atoms with E-state index in [9.17, 15) is 9.59 Å². The van der Waals surface area contributed by atoms with Gasteiger partial charge in [-0.05, 0) is 23.3 Å². The Morgan fingerprint density at radius 3 is 2.32 bits per heavy atom. The third kappa shape index (κ3) is 6.00. The minimum Gasteiger partial charge on any atom is -0.445 e. The van der Waals surface area contributed by atoms with E-state index in [2.05, 4.69) is 20.8 Å². The number of ether oxygens (including phenoxy) is 1. The first-order chi connectivity index (χ1) is 13.6. The normalized spacial score (nSPS) is 11.4. The third-order valence-electron chi connectivity index (χ3n) is 3.77. The highest BCUT2D eigenvalue weighted by Gasteiger charge is 2.23. The lowest BCUT2D eigenvalue weighted by atomic mass is 10.1. The third-order valence-corrected chi connectivity index (χ3v) is 4.78. The molecule has 0 saturated heterocycles. The molecule has 0 fully saturated rings. The van der Waals surface area contributed by atoms with E-state index >= 15 is 0 Å². The Hall–Kier alpha value is -3.04. The summed E-state index contributed by atoms with van der Waals surface area (Å²) in [7, 11) is 0. The number of nitrogens with one attached hydrogen (secondary N) is 3. The minimum absolute atomic E-state index is 0.118. The zero-order chi connectivity index (χ0) is 19.8. The second-order valence-electron chi connectivity index (χ2n) is 5.86. The standard InChI is InChI=1S/C19H18N4O3S2/c24-16(21-17-22-23-19(27)28-17)15(11-13-7-3-1-4-8-13)20-18(25)26-12-14-9-5-2-6-10-14/h1-10,15H,11-12H2,(H,20,25)(H,23,27)(H,21,22,24)/t15-/m0/s1. The van der Waals surface area contributed by atoms with Gasteiger partial charge in [0.15, 0.2) is 3.95 Å². The van der Waals surface area contributed by atoms with Crippen LogP contribution >= 0.6 is 23.6 Å². The lowest BCUT2D eigenvalue weighted by Gasteiger charge is -2.17. The Morgan fingerprint density at radius 2 is 1.71 bits per heavy atom. The van der Waals surface area contributed by atoms with Gasteiger partial charge in [0.25, 0.3) is 0 Å². The van der Waals surface area contributed by atoms with E-state index in [1.54, 1.807) is 0 Å². The summed E-state index contributed by atoms with van der Waals surface area (Å²) in [5.41, 5.74) is 1.76. The topological polar surface area (TPSA) is 96.1 Å². The number of amides is 2. The van der Waals surface area contributed by atoms with Crippen LogP contribution in [0.3, 0.4) is 0 Å². The molecule has 1 heterocycles. The number of aromatic amines is 1. The van der Waals surface area contributed by atoms with Crippen molar-refractivity contribution in [2.45, 2.75) is 19.1 Å². The van der Waals surface area contributed by atoms with Crippen LogP contribution in [0.1, 0.15) is 11.1 Å². The van der Waals surface area contributed by atoms with Crippen molar-refractivity contribution in [3.05, 3.63) is 75.7 Å². The summed E-state index contributed by atoms with van der Waals surface area (Å²) >= 11 is 6.11. The second kappa shape index (κ2) is 9.77. The average Bonchev–Trinajstić information content (AvgIpc) is 3.12. The van der Waals surface area contributed by atoms with Crippen LogP contribution in [0.15, 0.2) is 60.7 Å². The van der Waals surface area contributed by atoms with E-state index in [1.807, 2.05) is 60.7 Å². The zero-order valence-corrected chi connectivity index (χ0v) is 16.4. The maximum atomic E-state index is 12.7. The molecule has 28 heavy (non-hydrogen) atoms. The maximum absolute atomic E-state index is 12.7. The van der Waals surface area contributed by atoms with Crippen molar-refractivity contribution in [2.75, 3.05) is 5.32 Å². The zero-order valence-electron chi connectivity index (χ0n) is 14.8. The summed E-state index contributed by atoms with van der Waals surface area (Å²) < 4.78 is 5.68. The molecule has 7 nitrogen and oxygen atoms in total. The molecule has 0 saturated carbocycles. The van der Waals surface area contributed by atoms with Gasteiger partial charge in [-0.15, -0.1) is 5.10 Å². The number of alkyl carbamates (subject to hydrolysis) is 1. The van der Waals surface area contributed by atoms with E-state index in [0.717, 1.165) is 22.5 Å². The van der Waals surface area contributed by atoms with Crippen molar-refractivity contribution in [1.29, 1.82) is 0 Å². The van der Waals surface area contributed by atoms with Gasteiger partial charge >= 0.3 is 6.09 Å². The molecular formula is C19H18N4O3S2. The molecule has 0 unspecified atom stereocenters. The van der Waals surface area contributed by atoms with Crippen molar-refractivity contribution in [2.24, 2.45) is 0 Å². The Labute approximate surface area is 170 Å². The summed E-state index contributed by atoms with van der Waals surface area (Å²) in [6.45, 7) is 0.118. The van der Waals surface area contributed by atoms with Gasteiger partial charge in [0.05, 0.1) is 0 Å². The fourth-order valence-corrected chi connectivity index (χ4v) is 3.23. The predicted octanol–water partition coefficient (Wildman–Crippen LogP) is 3.68. The molecule has 3 N–H and O–H groups in total. The smallest absolute Gasteiger partial charge is 0.408 e. The molecule has 0 aliphatic carbocycles. The van der Waals surface area contributed by atoms with Gasteiger partial charge in [0, 0.05) is 6.42 Å². The van der Waals surface area contributed by atoms with E-state index in [1.165, 1.54) is 0 Å². The van der Waals surface area contributed by atoms with Crippen LogP contribution < -0.4 is 10.6 Å². The summed E-state index contributed by atoms with van der Waals surface area (Å²) in [6, 6.07) is 17.9. The van der Waals surface area contributed by atoms with Crippen molar-refractivity contribution < 1.29 is 14.3 Å². The highest BCUT2D eigenvalue weighted by Crippen LogP contribution is 2.12. The first-order valence-corrected chi connectivity index (χ1v) is 9.70. The number of hydrogen-bond acceptors (Lipinski definition) is 6. The van der Waals surface area contributed by atoms with Gasteiger partial charge in [0.2, 0.25) is 11.0 Å². The highest BCUT2D eigenvalue weighted by atomic mass is 32.1. The highest BCUT2D eigenvalue weighted by molar-refractivity contribution is 7.73. The monoisotopic (exact) mass is 414 g/mol. The molecule has 0 aliphatic rings. The molecule has 1 atom stereocenters. The molecule has 0 radical (unpaired) electrons. The number of carbonyl (C=O) groups excluding carboxylic acids is 2. The molecule has 0 aliphatic heterocycles. The number of hydrogen-bond donors (Lipinski definition) is 3. The van der Waals surface area contributed by atoms with Gasteiger partial charge in [-0.25, -0.2) is 4.79 Å². The fourth-order valence-electron chi connectivity index (χ4n) is 2.44. The molecular weight excluding hydrogens is 396 g/mol. The molecule has 1 aromatic heterocycles. The number of H-pyrrole nitrogens is 1. The van der Waals surface area contributed by atoms with Crippen molar-refractivity contribution in [3.8, 4) is 0 Å². The van der Waals surface area contributed by atoms with Crippen molar-refractivity contribution >= 4 is 40.7 Å². The van der Waals surface area contributed by atoms with Crippen LogP contribution in [0.4, 0.5) is 9.93 Å². The number of carbonyl (C=O) groups is 2. The summed E-state index contributed by atoms with van der Waals surface area (Å²) in [5.74, 6) is -0.404. The first-order valence-electron chi connectivity index (χ1n) is 8.47. The van der Waals surface area contributed by atoms with Crippen LogP contribution in [0, 0.1) is 3.95 Å². The molecule has 144 valence electrons. The average molecular weight is 415 g/mol. The number of nitrogens with zero attached hydrogens (tertiary/aromatic N) is 1. The van der Waals surface area contributed by atoms with Crippen LogP contribution in [-0.4, -0.2) is 28.2 Å². The van der Waals surface area contributed by atoms with Crippen LogP contribution in [-0.2, 0) is 22.6 Å². The first kappa shape index (κ1) is 19.7. The number of benzene rings is 2. The van der Waals surface area contributed by atoms with Gasteiger partial charge < -0.3 is 10.1 Å². The number of rotatable bonds is 7. The van der Waals surface area contributed by atoms with Crippen molar-refractivity contribution in [1.82, 2.24) is 15.5 Å². The Bertz CT molecular complexity index is 973. The van der Waals surface area contributed by atoms with Gasteiger partial charge in [-0.2, -0.15) is 0 Å². The van der Waals surface area contributed by atoms with Gasteiger partial charge in [0.1, 0.15) is 12.6 Å². The van der Waals surface area contributed by atoms with E-state index in [4.69, 9.17) is 17.0 Å². The molecule has 2 aromatic carbocycles. The van der Waals surface area contributed by atoms with Gasteiger partial charge in [-0.1, -0.05) is 72.0 Å². The fraction of sp³-hybridized carbons (Fsp3) is 0.158. The van der Waals surface area contributed by atoms with Crippen LogP contribution in [0.2, 0.25) is 0 Å². The summed E-state index contributed by atoms with van der Waals surface area (Å²) in [4.78, 5) is 24.9. The lowest BCUT2D eigenvalue weighted by molar-refractivity contribution is -0.118. The molecule has 3 rings (SSSR count). The van der Waals surface area contributed by atoms with E-state index < -0.39 is 18.0 Å². The van der Waals surface area contributed by atoms with Crippen LogP contribution in [0.5, 0.6) is 0 Å². The predicted molar refractivity (Wildman–Crippen MR) is 110 cm³/mol. The van der Waals surface area contributed by atoms with E-state index in [-0.39, 0.29) is 6.61 Å². The van der Waals surface area contributed by atoms with Crippen LogP contribution in [0.25, 0.3) is 0 Å². The quantitative estimate of drug-likeness (QED) is 0.513. The minimum atomic E-state index is -0.830. The Balaban J connectivity index is 1.65. The molecule has 0 spiro atoms. The summed E-state index contributed by atoms with van der Waals surface area (Å²) in [6.07, 6.45) is -0.363. The number of anilines is 1. The Morgan fingerprint density at radius 1 is 1.07 bits per heavy atom. The lowest BCUT2D eigenvalue weighted by Crippen LogP contribution is -2.45. The molecule has 3 aromatic rings. The molecule has 2 amide bonds. The Kier molecular flexibility index (Phi) is 6.88. The SMILES string of the molecule is O=C(N[C@@H](Cc1ccccc1)C(=O)Nc1n[nH]c(=S)s1)OCc1ccccc1. The molecule has 9 heteroatoms. The maximum Gasteiger partial charge on any atom is 0.408 e. The summed E-state index contributed by atoms with van der Waals surface area (Å²) in [5, 5.41) is 12.1. The molecule has 0 bridgehead atoms. The van der Waals surface area contributed by atoms with Crippen molar-refractivity contribution in [3.63, 3.8) is 0 Å².